The van der Waals surface area contributed by atoms with E-state index in [-0.39, 0.29) is 0 Å². The molecular formula is C13H15N3. The summed E-state index contributed by atoms with van der Waals surface area (Å²) in [5.74, 6) is 0. The zero-order chi connectivity index (χ0) is 11.0. The van der Waals surface area contributed by atoms with Crippen molar-refractivity contribution in [1.82, 2.24) is 15.1 Å². The summed E-state index contributed by atoms with van der Waals surface area (Å²) < 4.78 is 2.07. The number of nitrogens with one attached hydrogen (secondary N) is 1. The zero-order valence-electron chi connectivity index (χ0n) is 9.35. The Balaban J connectivity index is 1.95. The van der Waals surface area contributed by atoms with E-state index < -0.39 is 0 Å². The lowest BCUT2D eigenvalue weighted by Crippen LogP contribution is -2.43. The zero-order valence-corrected chi connectivity index (χ0v) is 9.35. The van der Waals surface area contributed by atoms with Gasteiger partial charge >= 0.3 is 0 Å². The van der Waals surface area contributed by atoms with E-state index in [2.05, 4.69) is 52.5 Å². The molecule has 0 radical (unpaired) electrons. The van der Waals surface area contributed by atoms with Crippen LogP contribution >= 0.6 is 0 Å². The lowest BCUT2D eigenvalue weighted by molar-refractivity contribution is 0.318. The van der Waals surface area contributed by atoms with Gasteiger partial charge in [0.25, 0.3) is 0 Å². The number of aryl methyl sites for hydroxylation is 1. The molecule has 0 bridgehead atoms. The van der Waals surface area contributed by atoms with Gasteiger partial charge in [-0.2, -0.15) is 5.10 Å². The Morgan fingerprint density at radius 3 is 2.81 bits per heavy atom. The van der Waals surface area contributed by atoms with Crippen molar-refractivity contribution in [1.29, 1.82) is 0 Å². The lowest BCUT2D eigenvalue weighted by Gasteiger charge is -2.27. The number of nitrogens with zero attached hydrogens (tertiary/aromatic N) is 2. The van der Waals surface area contributed by atoms with Crippen molar-refractivity contribution in [2.24, 2.45) is 0 Å². The molecule has 1 aliphatic heterocycles. The van der Waals surface area contributed by atoms with Crippen LogP contribution in [-0.4, -0.2) is 22.9 Å². The third kappa shape index (κ3) is 1.53. The van der Waals surface area contributed by atoms with Crippen molar-refractivity contribution in [3.63, 3.8) is 0 Å². The van der Waals surface area contributed by atoms with E-state index >= 15 is 0 Å². The van der Waals surface area contributed by atoms with Crippen molar-refractivity contribution < 1.29 is 0 Å². The Kier molecular flexibility index (Phi) is 2.26. The normalized spacial score (nSPS) is 16.1. The monoisotopic (exact) mass is 213 g/mol. The molecule has 0 amide bonds. The Labute approximate surface area is 95.1 Å². The molecule has 16 heavy (non-hydrogen) atoms. The number of hydrogen-bond acceptors (Lipinski definition) is 2. The maximum absolute atomic E-state index is 4.43. The molecule has 0 atom stereocenters. The number of rotatable bonds is 2. The average molecular weight is 213 g/mol. The summed E-state index contributed by atoms with van der Waals surface area (Å²) in [5, 5.41) is 7.69. The average Bonchev–Trinajstić information content (AvgIpc) is 2.65. The molecular weight excluding hydrogens is 198 g/mol. The van der Waals surface area contributed by atoms with Gasteiger partial charge in [0.15, 0.2) is 0 Å². The van der Waals surface area contributed by atoms with Crippen LogP contribution in [0.25, 0.3) is 11.1 Å². The van der Waals surface area contributed by atoms with E-state index in [1.54, 1.807) is 0 Å². The number of aromatic nitrogens is 2. The predicted octanol–water partition coefficient (Wildman–Crippen LogP) is 2.00. The van der Waals surface area contributed by atoms with Gasteiger partial charge in [0.1, 0.15) is 0 Å². The van der Waals surface area contributed by atoms with Gasteiger partial charge in [-0.15, -0.1) is 0 Å². The standard InChI is InChI=1S/C13H15N3/c1-10-4-2-3-5-13(10)11-6-15-16(9-11)12-7-14-8-12/h2-6,9,12,14H,7-8H2,1H3. The van der Waals surface area contributed by atoms with E-state index in [0.717, 1.165) is 13.1 Å². The Hall–Kier alpha value is -1.61. The van der Waals surface area contributed by atoms with Crippen molar-refractivity contribution in [3.05, 3.63) is 42.2 Å². The highest BCUT2D eigenvalue weighted by Crippen LogP contribution is 2.23. The Morgan fingerprint density at radius 2 is 2.12 bits per heavy atom. The fourth-order valence-electron chi connectivity index (χ4n) is 2.03. The molecule has 3 nitrogen and oxygen atoms in total. The smallest absolute Gasteiger partial charge is 0.0767 e. The fraction of sp³-hybridized carbons (Fsp3) is 0.308. The highest BCUT2D eigenvalue weighted by molar-refractivity contribution is 5.65. The van der Waals surface area contributed by atoms with Crippen molar-refractivity contribution in [3.8, 4) is 11.1 Å². The van der Waals surface area contributed by atoms with Gasteiger partial charge in [0.05, 0.1) is 12.2 Å². The summed E-state index contributed by atoms with van der Waals surface area (Å²) in [5.41, 5.74) is 3.79. The minimum absolute atomic E-state index is 0.540. The molecule has 1 saturated heterocycles. The van der Waals surface area contributed by atoms with Crippen molar-refractivity contribution in [2.45, 2.75) is 13.0 Å². The Morgan fingerprint density at radius 1 is 1.31 bits per heavy atom. The molecule has 0 aliphatic carbocycles. The molecule has 0 unspecified atom stereocenters. The maximum Gasteiger partial charge on any atom is 0.0767 e. The molecule has 0 spiro atoms. The first-order chi connectivity index (χ1) is 7.84. The van der Waals surface area contributed by atoms with Crippen LogP contribution in [0.5, 0.6) is 0 Å². The maximum atomic E-state index is 4.43. The second kappa shape index (κ2) is 3.76. The van der Waals surface area contributed by atoms with E-state index in [9.17, 15) is 0 Å². The fourth-order valence-corrected chi connectivity index (χ4v) is 2.03. The van der Waals surface area contributed by atoms with Crippen LogP contribution in [0.2, 0.25) is 0 Å². The van der Waals surface area contributed by atoms with Crippen LogP contribution in [0, 0.1) is 6.92 Å². The van der Waals surface area contributed by atoms with E-state index in [0.29, 0.717) is 6.04 Å². The van der Waals surface area contributed by atoms with E-state index in [1.807, 2.05) is 6.20 Å². The van der Waals surface area contributed by atoms with Gasteiger partial charge in [0.2, 0.25) is 0 Å². The van der Waals surface area contributed by atoms with Crippen LogP contribution in [0.3, 0.4) is 0 Å². The molecule has 3 heteroatoms. The second-order valence-electron chi connectivity index (χ2n) is 4.34. The van der Waals surface area contributed by atoms with Crippen LogP contribution in [-0.2, 0) is 0 Å². The number of hydrogen-bond donors (Lipinski definition) is 1. The van der Waals surface area contributed by atoms with Crippen LogP contribution < -0.4 is 5.32 Å². The number of benzene rings is 1. The molecule has 82 valence electrons. The molecule has 3 rings (SSSR count). The van der Waals surface area contributed by atoms with Crippen molar-refractivity contribution >= 4 is 0 Å². The van der Waals surface area contributed by atoms with Gasteiger partial charge in [-0.3, -0.25) is 4.68 Å². The Bertz CT molecular complexity index is 497. The SMILES string of the molecule is Cc1ccccc1-c1cnn(C2CNC2)c1. The lowest BCUT2D eigenvalue weighted by atomic mass is 10.0. The summed E-state index contributed by atoms with van der Waals surface area (Å²) in [7, 11) is 0. The largest absolute Gasteiger partial charge is 0.312 e. The summed E-state index contributed by atoms with van der Waals surface area (Å²) in [4.78, 5) is 0. The molecule has 1 aromatic carbocycles. The van der Waals surface area contributed by atoms with Gasteiger partial charge in [-0.25, -0.2) is 0 Å². The van der Waals surface area contributed by atoms with E-state index in [1.165, 1.54) is 16.7 Å². The summed E-state index contributed by atoms with van der Waals surface area (Å²) in [6, 6.07) is 8.97. The minimum atomic E-state index is 0.540. The molecule has 2 aromatic rings. The van der Waals surface area contributed by atoms with Gasteiger partial charge in [-0.1, -0.05) is 24.3 Å². The van der Waals surface area contributed by atoms with Gasteiger partial charge < -0.3 is 5.32 Å². The third-order valence-electron chi connectivity index (χ3n) is 3.19. The third-order valence-corrected chi connectivity index (χ3v) is 3.19. The highest BCUT2D eigenvalue weighted by Gasteiger charge is 2.19. The van der Waals surface area contributed by atoms with Gasteiger partial charge in [-0.05, 0) is 18.1 Å². The molecule has 0 saturated carbocycles. The van der Waals surface area contributed by atoms with Gasteiger partial charge in [0, 0.05) is 24.8 Å². The topological polar surface area (TPSA) is 29.9 Å². The highest BCUT2D eigenvalue weighted by atomic mass is 15.3. The first-order valence-corrected chi connectivity index (χ1v) is 5.65. The quantitative estimate of drug-likeness (QED) is 0.827. The molecule has 1 fully saturated rings. The second-order valence-corrected chi connectivity index (χ2v) is 4.34. The van der Waals surface area contributed by atoms with Crippen LogP contribution in [0.4, 0.5) is 0 Å². The van der Waals surface area contributed by atoms with Crippen molar-refractivity contribution in [2.75, 3.05) is 13.1 Å². The predicted molar refractivity (Wildman–Crippen MR) is 64.3 cm³/mol. The molecule has 1 N–H and O–H groups in total. The molecule has 1 aromatic heterocycles. The molecule has 1 aliphatic rings. The summed E-state index contributed by atoms with van der Waals surface area (Å²) in [6.45, 7) is 4.21. The van der Waals surface area contributed by atoms with Crippen LogP contribution in [0.1, 0.15) is 11.6 Å². The first-order valence-electron chi connectivity index (χ1n) is 5.65. The summed E-state index contributed by atoms with van der Waals surface area (Å²) >= 11 is 0. The minimum Gasteiger partial charge on any atom is -0.312 e. The summed E-state index contributed by atoms with van der Waals surface area (Å²) in [6.07, 6.45) is 4.11. The first kappa shape index (κ1) is 9.60. The van der Waals surface area contributed by atoms with E-state index in [4.69, 9.17) is 0 Å². The molecule has 2 heterocycles. The van der Waals surface area contributed by atoms with Crippen LogP contribution in [0.15, 0.2) is 36.7 Å².